The van der Waals surface area contributed by atoms with Crippen molar-refractivity contribution >= 4 is 136 Å². The van der Waals surface area contributed by atoms with Crippen LogP contribution in [0.4, 0.5) is 0 Å². The lowest BCUT2D eigenvalue weighted by molar-refractivity contribution is 0.627. The van der Waals surface area contributed by atoms with Gasteiger partial charge in [-0.05, 0) is 97.4 Å². The maximum atomic E-state index is 5.96. The van der Waals surface area contributed by atoms with Crippen molar-refractivity contribution < 1.29 is 0 Å². The lowest BCUT2D eigenvalue weighted by Gasteiger charge is -2.09. The summed E-state index contributed by atoms with van der Waals surface area (Å²) < 4.78 is 0. The topological polar surface area (TPSA) is 109 Å². The first-order valence-electron chi connectivity index (χ1n) is 40.3. The fourth-order valence-corrected chi connectivity index (χ4v) is 21.7. The van der Waals surface area contributed by atoms with Crippen molar-refractivity contribution in [3.8, 4) is 0 Å². The van der Waals surface area contributed by atoms with Crippen LogP contribution in [-0.2, 0) is 0 Å². The van der Waals surface area contributed by atoms with E-state index >= 15 is 0 Å². The second kappa shape index (κ2) is 57.5. The highest BCUT2D eigenvalue weighted by molar-refractivity contribution is 8.14. The van der Waals surface area contributed by atoms with E-state index in [4.69, 9.17) is 29.9 Å². The first-order chi connectivity index (χ1) is 47.5. The van der Waals surface area contributed by atoms with E-state index in [-0.39, 0.29) is 0 Å². The van der Waals surface area contributed by atoms with Gasteiger partial charge in [0.1, 0.15) is 22.6 Å². The molecule has 5 heterocycles. The molecular weight excluding hydrogens is 1330 g/mol. The Morgan fingerprint density at radius 3 is 0.531 bits per heavy atom. The van der Waals surface area contributed by atoms with Gasteiger partial charge in [0.05, 0.1) is 39.2 Å². The molecule has 2 N–H and O–H groups in total. The number of aromatic amines is 2. The van der Waals surface area contributed by atoms with Gasteiger partial charge in [0.25, 0.3) is 0 Å². The number of unbranched alkanes of at least 4 members (excludes halogenated alkanes) is 40. The fraction of sp³-hybridized carbons (Fsp3) is 0.800. The molecule has 5 rings (SSSR count). The molecule has 16 heteroatoms. The Morgan fingerprint density at radius 2 is 0.333 bits per heavy atom. The Balaban J connectivity index is 1.90. The number of thioether (sulfide) groups is 8. The van der Waals surface area contributed by atoms with E-state index in [2.05, 4.69) is 65.4 Å². The molecule has 8 bridgehead atoms. The Labute approximate surface area is 623 Å². The van der Waals surface area contributed by atoms with Gasteiger partial charge in [0, 0.05) is 0 Å². The number of aromatic nitrogens is 8. The average Bonchev–Trinajstić information content (AvgIpc) is 1.62. The van der Waals surface area contributed by atoms with Crippen LogP contribution in [0.3, 0.4) is 0 Å². The van der Waals surface area contributed by atoms with Crippen molar-refractivity contribution in [2.75, 3.05) is 46.0 Å². The average molecular weight is 1470 g/mol. The van der Waals surface area contributed by atoms with Crippen LogP contribution >= 0.6 is 94.1 Å². The minimum atomic E-state index is 0.793. The van der Waals surface area contributed by atoms with E-state index in [1.54, 1.807) is 0 Å². The largest absolute Gasteiger partial charge is 0.323 e. The van der Waals surface area contributed by atoms with Crippen molar-refractivity contribution in [1.29, 1.82) is 0 Å². The van der Waals surface area contributed by atoms with E-state index in [1.165, 1.54) is 347 Å². The van der Waals surface area contributed by atoms with Crippen molar-refractivity contribution in [1.82, 2.24) is 39.9 Å². The third-order valence-electron chi connectivity index (χ3n) is 18.2. The molecule has 96 heavy (non-hydrogen) atoms. The van der Waals surface area contributed by atoms with E-state index in [1.807, 2.05) is 94.1 Å². The molecule has 0 saturated heterocycles. The molecule has 2 aliphatic heterocycles. The van der Waals surface area contributed by atoms with Crippen LogP contribution < -0.4 is 0 Å². The van der Waals surface area contributed by atoms with Crippen LogP contribution in [0.2, 0.25) is 0 Å². The number of fused-ring (bicyclic) bond motifs is 8. The predicted molar refractivity (Wildman–Crippen MR) is 446 cm³/mol. The molecule has 0 fully saturated rings. The Bertz CT molecular complexity index is 2530. The molecule has 0 spiro atoms. The molecule has 0 atom stereocenters. The van der Waals surface area contributed by atoms with E-state index < -0.39 is 0 Å². The standard InChI is InChI=1S/C80H138N8S8/c1-9-17-25-33-41-49-57-89-65-66(90-58-50-42-34-26-18-10-2)74-81-73(65)85-75-67(91-59-51-43-35-27-19-11-3)68(92-60-52-44-36-28-20-12-4)77(82-75)87-79-71(95-63-55-47-39-31-23-15-7)72(96-64-56-48-40-32-24-16-8)80(84-79)88-78-70(94-62-54-46-38-30-22-14-6)69(76(83-78)86-74)93-61-53-45-37-29-21-13-5/h9-64H2,1-8H3,(H2,81,82,83,84,85,86,87,88). The second-order valence-corrected chi connectivity index (χ2v) is 36.0. The van der Waals surface area contributed by atoms with Gasteiger partial charge in [-0.15, -0.1) is 94.1 Å². The molecular formula is C80H138N8S8. The number of hydrogen-bond acceptors (Lipinski definition) is 14. The Morgan fingerprint density at radius 1 is 0.177 bits per heavy atom. The summed E-state index contributed by atoms with van der Waals surface area (Å²) in [6.45, 7) is 18.6. The highest BCUT2D eigenvalue weighted by Gasteiger charge is 2.30. The van der Waals surface area contributed by atoms with Crippen molar-refractivity contribution in [2.45, 2.75) is 383 Å². The summed E-state index contributed by atoms with van der Waals surface area (Å²) in [5.74, 6) is 11.6. The molecule has 8 nitrogen and oxygen atoms in total. The van der Waals surface area contributed by atoms with E-state index in [9.17, 15) is 0 Å². The van der Waals surface area contributed by atoms with Gasteiger partial charge in [-0.1, -0.05) is 312 Å². The molecule has 2 aliphatic rings. The summed E-state index contributed by atoms with van der Waals surface area (Å²) in [5, 5.41) is 0. The SMILES string of the molecule is CCCCCCCCSC1=C(SCCCCCCCC)c2nc1nc1nc(nc3[nH]c(nc4[nH]c(n2)c(SCCCCCCCC)c4SCCCCCCCC)c(SCCCCCCCC)c3SCCCCCCCC)C(SCCCCCCCC)=C1SCCCCCCCC. The molecule has 0 radical (unpaired) electrons. The minimum Gasteiger partial charge on any atom is -0.323 e. The normalized spacial score (nSPS) is 12.7. The number of hydrogen-bond donors (Lipinski definition) is 2. The van der Waals surface area contributed by atoms with Crippen LogP contribution in [0.1, 0.15) is 387 Å². The summed E-state index contributed by atoms with van der Waals surface area (Å²) in [7, 11) is 0. The lowest BCUT2D eigenvalue weighted by atomic mass is 10.1. The first kappa shape index (κ1) is 85.8. The lowest BCUT2D eigenvalue weighted by Crippen LogP contribution is -1.93. The number of nitrogens with one attached hydrogen (secondary N) is 2. The fourth-order valence-electron chi connectivity index (χ4n) is 12.2. The van der Waals surface area contributed by atoms with Crippen molar-refractivity contribution in [3.63, 3.8) is 0 Å². The van der Waals surface area contributed by atoms with E-state index in [0.717, 1.165) is 91.9 Å². The molecule has 3 aromatic heterocycles. The highest BCUT2D eigenvalue weighted by Crippen LogP contribution is 2.48. The molecule has 0 unspecified atom stereocenters. The summed E-state index contributed by atoms with van der Waals surface area (Å²) in [5.41, 5.74) is 3.68. The maximum Gasteiger partial charge on any atom is 0.171 e. The Kier molecular flexibility index (Phi) is 51.4. The van der Waals surface area contributed by atoms with Crippen molar-refractivity contribution in [3.05, 3.63) is 23.3 Å². The predicted octanol–water partition coefficient (Wildman–Crippen LogP) is 29.7. The van der Waals surface area contributed by atoms with Gasteiger partial charge >= 0.3 is 0 Å². The summed E-state index contributed by atoms with van der Waals surface area (Å²) in [6.07, 6.45) is 61.3. The number of nitrogens with zero attached hydrogens (tertiary/aromatic N) is 6. The summed E-state index contributed by atoms with van der Waals surface area (Å²) in [6, 6.07) is 0. The van der Waals surface area contributed by atoms with Gasteiger partial charge in [-0.25, -0.2) is 29.9 Å². The van der Waals surface area contributed by atoms with Crippen LogP contribution in [0, 0.1) is 0 Å². The third-order valence-corrected chi connectivity index (χ3v) is 28.1. The molecule has 0 amide bonds. The molecule has 0 saturated carbocycles. The zero-order chi connectivity index (χ0) is 68.1. The van der Waals surface area contributed by atoms with Crippen LogP contribution in [0.25, 0.3) is 42.2 Å². The molecule has 3 aromatic rings. The van der Waals surface area contributed by atoms with Gasteiger partial charge in [0.15, 0.2) is 23.3 Å². The van der Waals surface area contributed by atoms with Crippen LogP contribution in [0.5, 0.6) is 0 Å². The summed E-state index contributed by atoms with van der Waals surface area (Å²) in [4.78, 5) is 53.1. The third kappa shape index (κ3) is 34.6. The quantitative estimate of drug-likeness (QED) is 0.0413. The number of rotatable bonds is 64. The van der Waals surface area contributed by atoms with Crippen LogP contribution in [-0.4, -0.2) is 85.9 Å². The van der Waals surface area contributed by atoms with E-state index in [0.29, 0.717) is 0 Å². The van der Waals surface area contributed by atoms with Gasteiger partial charge in [0.2, 0.25) is 0 Å². The maximum absolute atomic E-state index is 5.96. The zero-order valence-corrected chi connectivity index (χ0v) is 69.1. The Hall–Kier alpha value is -0.880. The number of H-pyrrole nitrogens is 2. The first-order valence-corrected chi connectivity index (χ1v) is 48.2. The van der Waals surface area contributed by atoms with Gasteiger partial charge in [-0.2, -0.15) is 0 Å². The molecule has 546 valence electrons. The minimum absolute atomic E-state index is 0.793. The smallest absolute Gasteiger partial charge is 0.171 e. The molecule has 0 aliphatic carbocycles. The highest BCUT2D eigenvalue weighted by atomic mass is 32.2. The zero-order valence-electron chi connectivity index (χ0n) is 62.5. The van der Waals surface area contributed by atoms with Crippen molar-refractivity contribution in [2.24, 2.45) is 0 Å². The van der Waals surface area contributed by atoms with Gasteiger partial charge < -0.3 is 9.97 Å². The summed E-state index contributed by atoms with van der Waals surface area (Å²) >= 11 is 16.0. The monoisotopic (exact) mass is 1470 g/mol. The van der Waals surface area contributed by atoms with Gasteiger partial charge in [-0.3, -0.25) is 0 Å². The molecule has 0 aromatic carbocycles. The van der Waals surface area contributed by atoms with Crippen LogP contribution in [0.15, 0.2) is 19.6 Å². The second-order valence-electron chi connectivity index (χ2n) is 27.2.